The van der Waals surface area contributed by atoms with E-state index >= 15 is 0 Å². The highest BCUT2D eigenvalue weighted by molar-refractivity contribution is 7.98. The normalized spacial score (nSPS) is 11.4. The van der Waals surface area contributed by atoms with Crippen LogP contribution in [-0.2, 0) is 12.3 Å². The number of benzene rings is 2. The number of furan rings is 1. The van der Waals surface area contributed by atoms with Crippen molar-refractivity contribution in [2.45, 2.75) is 17.5 Å². The molecule has 0 N–H and O–H groups in total. The van der Waals surface area contributed by atoms with E-state index in [1.165, 1.54) is 11.8 Å². The van der Waals surface area contributed by atoms with Gasteiger partial charge in [-0.3, -0.25) is 14.3 Å². The van der Waals surface area contributed by atoms with Crippen LogP contribution in [-0.4, -0.2) is 14.5 Å². The van der Waals surface area contributed by atoms with Crippen molar-refractivity contribution in [1.29, 1.82) is 0 Å². The molecule has 0 radical (unpaired) electrons. The number of halogens is 1. The highest BCUT2D eigenvalue weighted by atomic mass is 35.5. The van der Waals surface area contributed by atoms with Gasteiger partial charge >= 0.3 is 0 Å². The second-order valence-corrected chi connectivity index (χ2v) is 8.13. The van der Waals surface area contributed by atoms with E-state index in [-0.39, 0.29) is 5.56 Å². The minimum absolute atomic E-state index is 0.0846. The maximum Gasteiger partial charge on any atom is 0.262 e. The summed E-state index contributed by atoms with van der Waals surface area (Å²) < 4.78 is 7.14. The molecular weight excluding hydrogens is 418 g/mol. The van der Waals surface area contributed by atoms with Gasteiger partial charge in [-0.2, -0.15) is 0 Å². The lowest BCUT2D eigenvalue weighted by Gasteiger charge is -2.13. The van der Waals surface area contributed by atoms with Gasteiger partial charge in [0.2, 0.25) is 0 Å². The third-order valence-corrected chi connectivity index (χ3v) is 6.23. The van der Waals surface area contributed by atoms with E-state index in [2.05, 4.69) is 4.98 Å². The van der Waals surface area contributed by atoms with Gasteiger partial charge in [0, 0.05) is 22.4 Å². The van der Waals surface area contributed by atoms with E-state index in [1.807, 2.05) is 54.6 Å². The average Bonchev–Trinajstić information content (AvgIpc) is 3.29. The first kappa shape index (κ1) is 18.9. The molecule has 0 saturated heterocycles. The Morgan fingerprint density at radius 1 is 1.00 bits per heavy atom. The minimum atomic E-state index is -0.0846. The standard InChI is InChI=1S/C23H16ClN3O2S/c24-19-10-9-15(21-17(19)7-3-11-25-21)14-30-23-26-20-8-2-1-6-18(20)22(28)27(23)13-16-5-4-12-29-16/h1-12H,13-14H2. The van der Waals surface area contributed by atoms with Crippen molar-refractivity contribution in [3.8, 4) is 0 Å². The van der Waals surface area contributed by atoms with E-state index < -0.39 is 0 Å². The Kier molecular flexibility index (Phi) is 5.02. The minimum Gasteiger partial charge on any atom is -0.467 e. The molecule has 0 fully saturated rings. The summed E-state index contributed by atoms with van der Waals surface area (Å²) in [5.41, 5.74) is 2.49. The van der Waals surface area contributed by atoms with E-state index in [4.69, 9.17) is 21.0 Å². The first-order chi connectivity index (χ1) is 14.7. The number of pyridine rings is 1. The molecule has 0 aliphatic carbocycles. The van der Waals surface area contributed by atoms with Crippen molar-refractivity contribution in [1.82, 2.24) is 14.5 Å². The van der Waals surface area contributed by atoms with Gasteiger partial charge in [0.05, 0.1) is 29.2 Å². The zero-order valence-corrected chi connectivity index (χ0v) is 17.4. The number of hydrogen-bond donors (Lipinski definition) is 0. The maximum atomic E-state index is 13.2. The number of thioether (sulfide) groups is 1. The number of hydrogen-bond acceptors (Lipinski definition) is 5. The molecule has 7 heteroatoms. The summed E-state index contributed by atoms with van der Waals surface area (Å²) in [6, 6.07) is 18.7. The lowest BCUT2D eigenvalue weighted by atomic mass is 10.1. The van der Waals surface area contributed by atoms with Crippen LogP contribution in [0.3, 0.4) is 0 Å². The second kappa shape index (κ2) is 7.97. The third kappa shape index (κ3) is 3.49. The van der Waals surface area contributed by atoms with Gasteiger partial charge < -0.3 is 4.42 Å². The first-order valence-electron chi connectivity index (χ1n) is 9.37. The van der Waals surface area contributed by atoms with Crippen LogP contribution in [0.2, 0.25) is 5.02 Å². The fourth-order valence-electron chi connectivity index (χ4n) is 3.41. The van der Waals surface area contributed by atoms with Crippen molar-refractivity contribution in [3.63, 3.8) is 0 Å². The van der Waals surface area contributed by atoms with Crippen LogP contribution in [0.25, 0.3) is 21.8 Å². The van der Waals surface area contributed by atoms with Gasteiger partial charge in [0.25, 0.3) is 5.56 Å². The summed E-state index contributed by atoms with van der Waals surface area (Å²) in [5.74, 6) is 1.31. The van der Waals surface area contributed by atoms with Gasteiger partial charge in [-0.05, 0) is 48.0 Å². The molecule has 0 saturated carbocycles. The predicted molar refractivity (Wildman–Crippen MR) is 120 cm³/mol. The maximum absolute atomic E-state index is 13.2. The summed E-state index contributed by atoms with van der Waals surface area (Å²) in [7, 11) is 0. The van der Waals surface area contributed by atoms with Gasteiger partial charge in [-0.25, -0.2) is 4.98 Å². The van der Waals surface area contributed by atoms with Crippen molar-refractivity contribution < 1.29 is 4.42 Å². The van der Waals surface area contributed by atoms with Gasteiger partial charge in [-0.1, -0.05) is 41.6 Å². The fraction of sp³-hybridized carbons (Fsp3) is 0.0870. The number of nitrogens with zero attached hydrogens (tertiary/aromatic N) is 3. The summed E-state index contributed by atoms with van der Waals surface area (Å²) >= 11 is 7.82. The second-order valence-electron chi connectivity index (χ2n) is 6.78. The Balaban J connectivity index is 1.57. The summed E-state index contributed by atoms with van der Waals surface area (Å²) in [6.45, 7) is 0.325. The fourth-order valence-corrected chi connectivity index (χ4v) is 4.61. The van der Waals surface area contributed by atoms with Crippen molar-refractivity contribution >= 4 is 45.2 Å². The molecule has 0 aliphatic rings. The topological polar surface area (TPSA) is 60.9 Å². The zero-order chi connectivity index (χ0) is 20.5. The molecule has 0 bridgehead atoms. The molecule has 5 aromatic rings. The molecule has 3 aromatic heterocycles. The molecule has 0 unspecified atom stereocenters. The van der Waals surface area contributed by atoms with Crippen LogP contribution in [0, 0.1) is 0 Å². The SMILES string of the molecule is O=c1c2ccccc2nc(SCc2ccc(Cl)c3cccnc23)n1Cc1ccco1. The number of fused-ring (bicyclic) bond motifs is 2. The summed E-state index contributed by atoms with van der Waals surface area (Å²) in [5, 5.41) is 2.81. The Bertz CT molecular complexity index is 1410. The van der Waals surface area contributed by atoms with Crippen LogP contribution in [0.15, 0.2) is 87.5 Å². The van der Waals surface area contributed by atoms with E-state index in [1.54, 1.807) is 23.1 Å². The van der Waals surface area contributed by atoms with Crippen molar-refractivity contribution in [2.75, 3.05) is 0 Å². The Morgan fingerprint density at radius 3 is 2.73 bits per heavy atom. The Morgan fingerprint density at radius 2 is 1.87 bits per heavy atom. The van der Waals surface area contributed by atoms with Gasteiger partial charge in [0.15, 0.2) is 5.16 Å². The highest BCUT2D eigenvalue weighted by Gasteiger charge is 2.14. The molecule has 3 heterocycles. The van der Waals surface area contributed by atoms with Gasteiger partial charge in [-0.15, -0.1) is 0 Å². The number of rotatable bonds is 5. The lowest BCUT2D eigenvalue weighted by Crippen LogP contribution is -2.23. The number of para-hydroxylation sites is 1. The van der Waals surface area contributed by atoms with Crippen LogP contribution >= 0.6 is 23.4 Å². The van der Waals surface area contributed by atoms with Crippen LogP contribution in [0.5, 0.6) is 0 Å². The summed E-state index contributed by atoms with van der Waals surface area (Å²) in [4.78, 5) is 22.5. The van der Waals surface area contributed by atoms with E-state index in [0.29, 0.717) is 39.1 Å². The van der Waals surface area contributed by atoms with Crippen LogP contribution in [0.1, 0.15) is 11.3 Å². The van der Waals surface area contributed by atoms with Crippen molar-refractivity contribution in [2.24, 2.45) is 0 Å². The molecule has 0 spiro atoms. The third-order valence-electron chi connectivity index (χ3n) is 4.88. The largest absolute Gasteiger partial charge is 0.467 e. The molecule has 2 aromatic carbocycles. The molecule has 0 atom stereocenters. The zero-order valence-electron chi connectivity index (χ0n) is 15.8. The van der Waals surface area contributed by atoms with E-state index in [0.717, 1.165) is 16.5 Å². The molecule has 0 aliphatic heterocycles. The Labute approximate surface area is 181 Å². The molecule has 5 nitrogen and oxygen atoms in total. The quantitative estimate of drug-likeness (QED) is 0.269. The summed E-state index contributed by atoms with van der Waals surface area (Å²) in [6.07, 6.45) is 3.36. The Hall–Kier alpha value is -3.09. The number of aromatic nitrogens is 3. The molecule has 148 valence electrons. The molecular formula is C23H16ClN3O2S. The molecule has 0 amide bonds. The van der Waals surface area contributed by atoms with Crippen molar-refractivity contribution in [3.05, 3.63) is 99.8 Å². The van der Waals surface area contributed by atoms with Crippen LogP contribution in [0.4, 0.5) is 0 Å². The molecule has 30 heavy (non-hydrogen) atoms. The molecule has 5 rings (SSSR count). The smallest absolute Gasteiger partial charge is 0.262 e. The first-order valence-corrected chi connectivity index (χ1v) is 10.7. The van der Waals surface area contributed by atoms with E-state index in [9.17, 15) is 4.79 Å². The lowest BCUT2D eigenvalue weighted by molar-refractivity contribution is 0.476. The highest BCUT2D eigenvalue weighted by Crippen LogP contribution is 2.29. The van der Waals surface area contributed by atoms with Gasteiger partial charge in [0.1, 0.15) is 5.76 Å². The average molecular weight is 434 g/mol. The monoisotopic (exact) mass is 433 g/mol. The van der Waals surface area contributed by atoms with Crippen LogP contribution < -0.4 is 5.56 Å². The predicted octanol–water partition coefficient (Wildman–Crippen LogP) is 5.53.